The minimum absolute atomic E-state index is 0.212. The second-order valence-corrected chi connectivity index (χ2v) is 5.21. The third kappa shape index (κ3) is 2.53. The highest BCUT2D eigenvalue weighted by Crippen LogP contribution is 2.24. The van der Waals surface area contributed by atoms with Crippen molar-refractivity contribution in [2.45, 2.75) is 52.9 Å². The van der Waals surface area contributed by atoms with Gasteiger partial charge in [-0.15, -0.1) is 0 Å². The monoisotopic (exact) mass is 274 g/mol. The van der Waals surface area contributed by atoms with E-state index in [-0.39, 0.29) is 11.9 Å². The molecule has 0 fully saturated rings. The number of aryl methyl sites for hydroxylation is 1. The van der Waals surface area contributed by atoms with Crippen LogP contribution in [0, 0.1) is 0 Å². The average molecular weight is 274 g/mol. The van der Waals surface area contributed by atoms with Gasteiger partial charge < -0.3 is 0 Å². The summed E-state index contributed by atoms with van der Waals surface area (Å²) in [7, 11) is 0. The molecule has 2 aromatic rings. The number of carbonyl (C=O) groups excluding carboxylic acids is 1. The topological polar surface area (TPSA) is 52.7 Å². The standard InChI is InChI=1S/C15H22N4O/c1-5-8-13-12(6-2)14(11(3)4)19(17-13)15(20)18-10-7-9-16-18/h7,9-11H,5-6,8H2,1-4H3. The number of rotatable bonds is 4. The molecule has 0 saturated carbocycles. The Morgan fingerprint density at radius 1 is 1.35 bits per heavy atom. The van der Waals surface area contributed by atoms with Crippen molar-refractivity contribution in [3.8, 4) is 0 Å². The van der Waals surface area contributed by atoms with Crippen molar-refractivity contribution in [2.75, 3.05) is 0 Å². The largest absolute Gasteiger partial charge is 0.369 e. The highest BCUT2D eigenvalue weighted by molar-refractivity contribution is 5.78. The Labute approximate surface area is 119 Å². The summed E-state index contributed by atoms with van der Waals surface area (Å²) < 4.78 is 2.86. The highest BCUT2D eigenvalue weighted by Gasteiger charge is 2.23. The molecule has 5 nitrogen and oxygen atoms in total. The van der Waals surface area contributed by atoms with Crippen molar-refractivity contribution in [1.29, 1.82) is 0 Å². The predicted octanol–water partition coefficient (Wildman–Crippen LogP) is 3.23. The van der Waals surface area contributed by atoms with Crippen LogP contribution >= 0.6 is 0 Å². The van der Waals surface area contributed by atoms with E-state index in [9.17, 15) is 4.79 Å². The zero-order valence-electron chi connectivity index (χ0n) is 12.6. The smallest absolute Gasteiger partial charge is 0.244 e. The molecule has 5 heteroatoms. The van der Waals surface area contributed by atoms with Crippen LogP contribution in [0.5, 0.6) is 0 Å². The molecule has 2 aromatic heterocycles. The van der Waals surface area contributed by atoms with E-state index in [0.29, 0.717) is 0 Å². The lowest BCUT2D eigenvalue weighted by atomic mass is 10.00. The summed E-state index contributed by atoms with van der Waals surface area (Å²) in [4.78, 5) is 12.5. The van der Waals surface area contributed by atoms with Gasteiger partial charge in [-0.1, -0.05) is 34.1 Å². The van der Waals surface area contributed by atoms with Gasteiger partial charge in [-0.25, -0.2) is 4.79 Å². The summed E-state index contributed by atoms with van der Waals surface area (Å²) in [6, 6.07) is 1.53. The minimum Gasteiger partial charge on any atom is -0.244 e. The van der Waals surface area contributed by atoms with Gasteiger partial charge in [0.1, 0.15) is 0 Å². The second kappa shape index (κ2) is 6.03. The number of carbonyl (C=O) groups is 1. The normalized spacial score (nSPS) is 11.2. The molecule has 0 saturated heterocycles. The molecule has 0 amide bonds. The molecular weight excluding hydrogens is 252 g/mol. The molecule has 0 unspecified atom stereocenters. The maximum atomic E-state index is 12.5. The summed E-state index contributed by atoms with van der Waals surface area (Å²) in [6.45, 7) is 8.44. The maximum Gasteiger partial charge on any atom is 0.369 e. The first-order valence-corrected chi connectivity index (χ1v) is 7.25. The number of hydrogen-bond acceptors (Lipinski definition) is 3. The average Bonchev–Trinajstić information content (AvgIpc) is 3.05. The highest BCUT2D eigenvalue weighted by atomic mass is 16.2. The van der Waals surface area contributed by atoms with Crippen LogP contribution in [0.15, 0.2) is 18.5 Å². The number of nitrogens with zero attached hydrogens (tertiary/aromatic N) is 4. The lowest BCUT2D eigenvalue weighted by Gasteiger charge is -2.10. The molecule has 0 bridgehead atoms. The van der Waals surface area contributed by atoms with E-state index in [1.807, 2.05) is 0 Å². The molecule has 0 N–H and O–H groups in total. The van der Waals surface area contributed by atoms with Crippen LogP contribution in [-0.2, 0) is 12.8 Å². The predicted molar refractivity (Wildman–Crippen MR) is 78.1 cm³/mol. The Hall–Kier alpha value is -1.91. The number of hydrogen-bond donors (Lipinski definition) is 0. The zero-order valence-corrected chi connectivity index (χ0v) is 12.6. The van der Waals surface area contributed by atoms with Gasteiger partial charge in [0.2, 0.25) is 0 Å². The van der Waals surface area contributed by atoms with Gasteiger partial charge in [0.05, 0.1) is 11.4 Å². The summed E-state index contributed by atoms with van der Waals surface area (Å²) in [5, 5.41) is 8.56. The Bertz CT molecular complexity index is 581. The molecule has 0 aliphatic carbocycles. The maximum absolute atomic E-state index is 12.5. The van der Waals surface area contributed by atoms with Gasteiger partial charge in [-0.05, 0) is 30.4 Å². The summed E-state index contributed by atoms with van der Waals surface area (Å²) in [5.41, 5.74) is 3.26. The van der Waals surface area contributed by atoms with Crippen molar-refractivity contribution < 1.29 is 4.79 Å². The molecule has 0 aromatic carbocycles. The Kier molecular flexibility index (Phi) is 4.37. The lowest BCUT2D eigenvalue weighted by molar-refractivity contribution is 0.237. The quantitative estimate of drug-likeness (QED) is 0.860. The van der Waals surface area contributed by atoms with Crippen LogP contribution in [0.4, 0.5) is 4.79 Å². The molecule has 0 aliphatic heterocycles. The third-order valence-electron chi connectivity index (χ3n) is 3.38. The van der Waals surface area contributed by atoms with Crippen molar-refractivity contribution in [3.05, 3.63) is 35.4 Å². The van der Waals surface area contributed by atoms with Gasteiger partial charge >= 0.3 is 6.03 Å². The fourth-order valence-electron chi connectivity index (χ4n) is 2.55. The molecule has 0 spiro atoms. The molecule has 2 rings (SSSR count). The first-order chi connectivity index (χ1) is 9.60. The van der Waals surface area contributed by atoms with E-state index in [4.69, 9.17) is 0 Å². The Balaban J connectivity index is 2.54. The fourth-order valence-corrected chi connectivity index (χ4v) is 2.55. The summed E-state index contributed by atoms with van der Waals surface area (Å²) in [6.07, 6.45) is 6.08. The van der Waals surface area contributed by atoms with Gasteiger partial charge in [0, 0.05) is 12.4 Å². The third-order valence-corrected chi connectivity index (χ3v) is 3.38. The van der Waals surface area contributed by atoms with Crippen molar-refractivity contribution in [1.82, 2.24) is 19.6 Å². The van der Waals surface area contributed by atoms with Gasteiger partial charge in [-0.2, -0.15) is 19.6 Å². The second-order valence-electron chi connectivity index (χ2n) is 5.21. The lowest BCUT2D eigenvalue weighted by Crippen LogP contribution is -2.24. The molecule has 20 heavy (non-hydrogen) atoms. The van der Waals surface area contributed by atoms with E-state index in [2.05, 4.69) is 37.9 Å². The number of aromatic nitrogens is 4. The molecule has 0 aliphatic rings. The molecular formula is C15H22N4O. The van der Waals surface area contributed by atoms with Crippen LogP contribution in [0.1, 0.15) is 57.0 Å². The van der Waals surface area contributed by atoms with Crippen LogP contribution in [0.2, 0.25) is 0 Å². The molecule has 2 heterocycles. The van der Waals surface area contributed by atoms with Crippen LogP contribution < -0.4 is 0 Å². The van der Waals surface area contributed by atoms with Crippen LogP contribution in [0.25, 0.3) is 0 Å². The zero-order chi connectivity index (χ0) is 14.7. The molecule has 108 valence electrons. The van der Waals surface area contributed by atoms with E-state index in [0.717, 1.165) is 30.7 Å². The van der Waals surface area contributed by atoms with E-state index < -0.39 is 0 Å². The first kappa shape index (κ1) is 14.5. The Morgan fingerprint density at radius 3 is 2.60 bits per heavy atom. The van der Waals surface area contributed by atoms with Crippen molar-refractivity contribution >= 4 is 6.03 Å². The van der Waals surface area contributed by atoms with Gasteiger partial charge in [-0.3, -0.25) is 0 Å². The van der Waals surface area contributed by atoms with Gasteiger partial charge in [0.15, 0.2) is 0 Å². The summed E-state index contributed by atoms with van der Waals surface area (Å²) in [5.74, 6) is 0.252. The minimum atomic E-state index is -0.212. The fraction of sp³-hybridized carbons (Fsp3) is 0.533. The molecule has 0 atom stereocenters. The Morgan fingerprint density at radius 2 is 2.10 bits per heavy atom. The summed E-state index contributed by atoms with van der Waals surface area (Å²) >= 11 is 0. The van der Waals surface area contributed by atoms with Gasteiger partial charge in [0.25, 0.3) is 0 Å². The van der Waals surface area contributed by atoms with E-state index in [1.165, 1.54) is 14.9 Å². The van der Waals surface area contributed by atoms with Crippen molar-refractivity contribution in [3.63, 3.8) is 0 Å². The van der Waals surface area contributed by atoms with E-state index >= 15 is 0 Å². The van der Waals surface area contributed by atoms with Crippen LogP contribution in [-0.4, -0.2) is 25.6 Å². The first-order valence-electron chi connectivity index (χ1n) is 7.25. The molecule has 0 radical (unpaired) electrons. The van der Waals surface area contributed by atoms with E-state index in [1.54, 1.807) is 18.5 Å². The van der Waals surface area contributed by atoms with Crippen molar-refractivity contribution in [2.24, 2.45) is 0 Å². The SMILES string of the molecule is CCCc1nn(C(=O)n2cccn2)c(C(C)C)c1CC. The van der Waals surface area contributed by atoms with Crippen LogP contribution in [0.3, 0.4) is 0 Å².